The van der Waals surface area contributed by atoms with Crippen LogP contribution >= 0.6 is 0 Å². The summed E-state index contributed by atoms with van der Waals surface area (Å²) in [6.07, 6.45) is 2.18. The minimum Gasteiger partial charge on any atom is -0.508 e. The summed E-state index contributed by atoms with van der Waals surface area (Å²) in [6.45, 7) is 3.76. The van der Waals surface area contributed by atoms with Crippen molar-refractivity contribution < 1.29 is 14.3 Å². The van der Waals surface area contributed by atoms with Gasteiger partial charge in [-0.3, -0.25) is 4.79 Å². The van der Waals surface area contributed by atoms with E-state index in [-0.39, 0.29) is 11.7 Å². The number of phenolic OH excluding ortho intramolecular Hbond substituents is 1. The van der Waals surface area contributed by atoms with Crippen LogP contribution in [-0.4, -0.2) is 11.0 Å². The molecule has 0 radical (unpaired) electrons. The van der Waals surface area contributed by atoms with Crippen LogP contribution in [0.2, 0.25) is 0 Å². The smallest absolute Gasteiger partial charge is 0.259 e. The van der Waals surface area contributed by atoms with Crippen LogP contribution in [0.3, 0.4) is 0 Å². The minimum absolute atomic E-state index is 0.183. The molecule has 0 saturated heterocycles. The van der Waals surface area contributed by atoms with Crippen molar-refractivity contribution in [1.29, 1.82) is 0 Å². The lowest BCUT2D eigenvalue weighted by atomic mass is 10.1. The van der Waals surface area contributed by atoms with Crippen LogP contribution in [0.5, 0.6) is 5.75 Å². The Morgan fingerprint density at radius 3 is 2.83 bits per heavy atom. The fourth-order valence-electron chi connectivity index (χ4n) is 1.79. The van der Waals surface area contributed by atoms with Crippen molar-refractivity contribution in [3.63, 3.8) is 0 Å². The van der Waals surface area contributed by atoms with Gasteiger partial charge >= 0.3 is 0 Å². The zero-order valence-electron chi connectivity index (χ0n) is 10.4. The number of benzene rings is 1. The summed E-state index contributed by atoms with van der Waals surface area (Å²) < 4.78 is 5.22. The van der Waals surface area contributed by atoms with Gasteiger partial charge in [0.25, 0.3) is 5.91 Å². The first-order valence-electron chi connectivity index (χ1n) is 5.79. The van der Waals surface area contributed by atoms with Crippen LogP contribution in [0.4, 0.5) is 5.69 Å². The maximum atomic E-state index is 12.1. The molecular formula is C14H15NO3. The average molecular weight is 245 g/mol. The molecule has 1 aromatic heterocycles. The summed E-state index contributed by atoms with van der Waals surface area (Å²) in [5.74, 6) is 0.654. The van der Waals surface area contributed by atoms with E-state index in [1.165, 1.54) is 6.26 Å². The van der Waals surface area contributed by atoms with Gasteiger partial charge in [0.1, 0.15) is 11.5 Å². The fraction of sp³-hybridized carbons (Fsp3) is 0.214. The van der Waals surface area contributed by atoms with Crippen molar-refractivity contribution in [3.8, 4) is 5.75 Å². The molecule has 2 aromatic rings. The van der Waals surface area contributed by atoms with Crippen molar-refractivity contribution in [3.05, 3.63) is 47.4 Å². The van der Waals surface area contributed by atoms with E-state index in [0.29, 0.717) is 23.4 Å². The lowest BCUT2D eigenvalue weighted by Crippen LogP contribution is -2.13. The third kappa shape index (κ3) is 2.37. The van der Waals surface area contributed by atoms with Crippen molar-refractivity contribution in [2.75, 3.05) is 5.32 Å². The van der Waals surface area contributed by atoms with Crippen molar-refractivity contribution in [1.82, 2.24) is 0 Å². The summed E-state index contributed by atoms with van der Waals surface area (Å²) in [5.41, 5.74) is 2.04. The van der Waals surface area contributed by atoms with E-state index in [2.05, 4.69) is 5.32 Å². The highest BCUT2D eigenvalue weighted by molar-refractivity contribution is 6.05. The van der Waals surface area contributed by atoms with Gasteiger partial charge in [-0.2, -0.15) is 0 Å². The Kier molecular flexibility index (Phi) is 3.37. The third-order valence-electron chi connectivity index (χ3n) is 2.77. The molecule has 0 aliphatic heterocycles. The van der Waals surface area contributed by atoms with Gasteiger partial charge in [-0.05, 0) is 36.8 Å². The van der Waals surface area contributed by atoms with Crippen molar-refractivity contribution in [2.45, 2.75) is 20.3 Å². The minimum atomic E-state index is -0.200. The van der Waals surface area contributed by atoms with Crippen LogP contribution < -0.4 is 5.32 Å². The molecule has 1 heterocycles. The molecule has 2 rings (SSSR count). The molecule has 0 spiro atoms. The predicted molar refractivity (Wildman–Crippen MR) is 68.9 cm³/mol. The number of aryl methyl sites for hydroxylation is 2. The zero-order chi connectivity index (χ0) is 13.1. The molecule has 0 aliphatic carbocycles. The molecule has 0 fully saturated rings. The predicted octanol–water partition coefficient (Wildman–Crippen LogP) is 3.11. The molecule has 4 nitrogen and oxygen atoms in total. The standard InChI is InChI=1S/C14H15NO3/c1-3-13-11(6-7-18-13)14(17)15-12-5-4-10(16)8-9(12)2/h4-8,16H,3H2,1-2H3,(H,15,17). The van der Waals surface area contributed by atoms with Gasteiger partial charge in [-0.15, -0.1) is 0 Å². The van der Waals surface area contributed by atoms with Crippen molar-refractivity contribution >= 4 is 11.6 Å². The summed E-state index contributed by atoms with van der Waals surface area (Å²) in [5, 5.41) is 12.1. The van der Waals surface area contributed by atoms with E-state index >= 15 is 0 Å². The Balaban J connectivity index is 2.21. The zero-order valence-corrected chi connectivity index (χ0v) is 10.4. The molecule has 1 amide bonds. The molecule has 2 N–H and O–H groups in total. The number of rotatable bonds is 3. The molecule has 4 heteroatoms. The number of carbonyl (C=O) groups is 1. The van der Waals surface area contributed by atoms with E-state index in [9.17, 15) is 9.90 Å². The molecule has 0 unspecified atom stereocenters. The maximum absolute atomic E-state index is 12.1. The Morgan fingerprint density at radius 1 is 1.39 bits per heavy atom. The second kappa shape index (κ2) is 4.96. The van der Waals surface area contributed by atoms with Crippen LogP contribution in [-0.2, 0) is 6.42 Å². The highest BCUT2D eigenvalue weighted by atomic mass is 16.3. The van der Waals surface area contributed by atoms with Gasteiger partial charge in [0.05, 0.1) is 11.8 Å². The second-order valence-electron chi connectivity index (χ2n) is 4.06. The number of hydrogen-bond acceptors (Lipinski definition) is 3. The van der Waals surface area contributed by atoms with Crippen LogP contribution in [0.25, 0.3) is 0 Å². The number of furan rings is 1. The van der Waals surface area contributed by atoms with E-state index < -0.39 is 0 Å². The lowest BCUT2D eigenvalue weighted by Gasteiger charge is -2.08. The number of carbonyl (C=O) groups excluding carboxylic acids is 1. The van der Waals surface area contributed by atoms with Crippen LogP contribution in [0.15, 0.2) is 34.9 Å². The molecular weight excluding hydrogens is 230 g/mol. The van der Waals surface area contributed by atoms with Gasteiger partial charge < -0.3 is 14.8 Å². The van der Waals surface area contributed by atoms with Crippen LogP contribution in [0.1, 0.15) is 28.6 Å². The first-order valence-corrected chi connectivity index (χ1v) is 5.79. The number of anilines is 1. The lowest BCUT2D eigenvalue weighted by molar-refractivity contribution is 0.102. The van der Waals surface area contributed by atoms with Gasteiger partial charge in [-0.1, -0.05) is 6.92 Å². The van der Waals surface area contributed by atoms with E-state index in [4.69, 9.17) is 4.42 Å². The fourth-order valence-corrected chi connectivity index (χ4v) is 1.79. The quantitative estimate of drug-likeness (QED) is 0.817. The first-order chi connectivity index (χ1) is 8.61. The Labute approximate surface area is 105 Å². The average Bonchev–Trinajstić information content (AvgIpc) is 2.81. The number of aromatic hydroxyl groups is 1. The van der Waals surface area contributed by atoms with Gasteiger partial charge in [0, 0.05) is 12.1 Å². The molecule has 0 bridgehead atoms. The SMILES string of the molecule is CCc1occc1C(=O)Nc1ccc(O)cc1C. The molecule has 1 aromatic carbocycles. The van der Waals surface area contributed by atoms with Crippen molar-refractivity contribution in [2.24, 2.45) is 0 Å². The highest BCUT2D eigenvalue weighted by Crippen LogP contribution is 2.21. The van der Waals surface area contributed by atoms with Crippen LogP contribution in [0, 0.1) is 6.92 Å². The van der Waals surface area contributed by atoms with E-state index in [1.54, 1.807) is 24.3 Å². The van der Waals surface area contributed by atoms with E-state index in [0.717, 1.165) is 5.56 Å². The monoisotopic (exact) mass is 245 g/mol. The third-order valence-corrected chi connectivity index (χ3v) is 2.77. The summed E-state index contributed by atoms with van der Waals surface area (Å²) >= 11 is 0. The Hall–Kier alpha value is -2.23. The summed E-state index contributed by atoms with van der Waals surface area (Å²) in [6, 6.07) is 6.47. The van der Waals surface area contributed by atoms with Gasteiger partial charge in [-0.25, -0.2) is 0 Å². The number of nitrogens with one attached hydrogen (secondary N) is 1. The number of amides is 1. The van der Waals surface area contributed by atoms with Gasteiger partial charge in [0.2, 0.25) is 0 Å². The topological polar surface area (TPSA) is 62.5 Å². The Morgan fingerprint density at radius 2 is 2.17 bits per heavy atom. The molecule has 0 atom stereocenters. The largest absolute Gasteiger partial charge is 0.508 e. The normalized spacial score (nSPS) is 10.3. The molecule has 18 heavy (non-hydrogen) atoms. The Bertz CT molecular complexity index is 572. The highest BCUT2D eigenvalue weighted by Gasteiger charge is 2.14. The number of phenols is 1. The second-order valence-corrected chi connectivity index (χ2v) is 4.06. The molecule has 0 aliphatic rings. The molecule has 94 valence electrons. The maximum Gasteiger partial charge on any atom is 0.259 e. The first kappa shape index (κ1) is 12.2. The van der Waals surface area contributed by atoms with E-state index in [1.807, 2.05) is 13.8 Å². The summed E-state index contributed by atoms with van der Waals surface area (Å²) in [7, 11) is 0. The van der Waals surface area contributed by atoms with Gasteiger partial charge in [0.15, 0.2) is 0 Å². The molecule has 0 saturated carbocycles. The summed E-state index contributed by atoms with van der Waals surface area (Å²) in [4.78, 5) is 12.1. The number of hydrogen-bond donors (Lipinski definition) is 2.